The maximum Gasteiger partial charge on any atom is 0.254 e. The molecule has 5 heteroatoms. The molecule has 0 aromatic heterocycles. The van der Waals surface area contributed by atoms with Crippen LogP contribution in [0.1, 0.15) is 46.8 Å². The molecule has 1 unspecified atom stereocenters. The van der Waals surface area contributed by atoms with E-state index >= 15 is 0 Å². The number of carbonyl (C=O) groups is 1. The molecule has 1 atom stereocenters. The highest BCUT2D eigenvalue weighted by Gasteiger charge is 2.28. The van der Waals surface area contributed by atoms with Crippen molar-refractivity contribution in [3.63, 3.8) is 0 Å². The second-order valence-corrected chi connectivity index (χ2v) is 5.96. The molecule has 1 aliphatic rings. The Morgan fingerprint density at radius 3 is 2.38 bits per heavy atom. The molecule has 3 nitrogen and oxygen atoms in total. The molecule has 2 aromatic rings. The summed E-state index contributed by atoms with van der Waals surface area (Å²) < 4.78 is 13.2. The summed E-state index contributed by atoms with van der Waals surface area (Å²) in [5, 5.41) is 0. The molecule has 128 valence electrons. The lowest BCUT2D eigenvalue weighted by molar-refractivity contribution is 0.0611. The Kier molecular flexibility index (Phi) is 6.35. The van der Waals surface area contributed by atoms with Crippen LogP contribution in [-0.2, 0) is 6.54 Å². The number of nitrogens with two attached hydrogens (primary N) is 1. The van der Waals surface area contributed by atoms with Crippen molar-refractivity contribution in [3.8, 4) is 0 Å². The van der Waals surface area contributed by atoms with E-state index in [-0.39, 0.29) is 30.2 Å². The maximum atomic E-state index is 13.2. The fraction of sp³-hybridized carbons (Fsp3) is 0.316. The molecule has 1 fully saturated rings. The average molecular weight is 349 g/mol. The minimum absolute atomic E-state index is 0. The Morgan fingerprint density at radius 2 is 1.75 bits per heavy atom. The maximum absolute atomic E-state index is 13.2. The number of rotatable bonds is 3. The zero-order valence-corrected chi connectivity index (χ0v) is 14.3. The van der Waals surface area contributed by atoms with Crippen LogP contribution in [0, 0.1) is 5.82 Å². The highest BCUT2D eigenvalue weighted by Crippen LogP contribution is 2.32. The van der Waals surface area contributed by atoms with Gasteiger partial charge in [0.1, 0.15) is 5.82 Å². The lowest BCUT2D eigenvalue weighted by Crippen LogP contribution is -2.38. The zero-order valence-electron chi connectivity index (χ0n) is 13.5. The fourth-order valence-electron chi connectivity index (χ4n) is 3.16. The topological polar surface area (TPSA) is 46.3 Å². The van der Waals surface area contributed by atoms with Crippen molar-refractivity contribution in [2.75, 3.05) is 6.54 Å². The Labute approximate surface area is 148 Å². The van der Waals surface area contributed by atoms with Crippen LogP contribution in [0.5, 0.6) is 0 Å². The van der Waals surface area contributed by atoms with Gasteiger partial charge in [0, 0.05) is 18.7 Å². The van der Waals surface area contributed by atoms with Crippen LogP contribution in [0.2, 0.25) is 0 Å². The largest absolute Gasteiger partial charge is 0.332 e. The van der Waals surface area contributed by atoms with Crippen LogP contribution in [0.4, 0.5) is 4.39 Å². The fourth-order valence-corrected chi connectivity index (χ4v) is 3.16. The van der Waals surface area contributed by atoms with Gasteiger partial charge < -0.3 is 10.6 Å². The summed E-state index contributed by atoms with van der Waals surface area (Å²) in [6.45, 7) is 1.20. The molecule has 0 aliphatic carbocycles. The first-order chi connectivity index (χ1) is 11.2. The summed E-state index contributed by atoms with van der Waals surface area (Å²) in [5.41, 5.74) is 8.29. The van der Waals surface area contributed by atoms with Crippen LogP contribution < -0.4 is 5.73 Å². The number of halogens is 2. The highest BCUT2D eigenvalue weighted by atomic mass is 35.5. The van der Waals surface area contributed by atoms with Gasteiger partial charge in [-0.1, -0.05) is 24.3 Å². The molecule has 24 heavy (non-hydrogen) atoms. The molecule has 1 heterocycles. The van der Waals surface area contributed by atoms with Gasteiger partial charge in [0.2, 0.25) is 0 Å². The van der Waals surface area contributed by atoms with Crippen molar-refractivity contribution in [1.29, 1.82) is 0 Å². The summed E-state index contributed by atoms with van der Waals surface area (Å²) in [7, 11) is 0. The normalized spacial score (nSPS) is 17.2. The molecule has 2 N–H and O–H groups in total. The second kappa shape index (κ2) is 8.27. The van der Waals surface area contributed by atoms with E-state index in [0.717, 1.165) is 36.9 Å². The Hall–Kier alpha value is -1.91. The molecule has 0 spiro atoms. The summed E-state index contributed by atoms with van der Waals surface area (Å²) in [6, 6.07) is 14.0. The first kappa shape index (κ1) is 18.4. The van der Waals surface area contributed by atoms with E-state index in [1.165, 1.54) is 12.1 Å². The Morgan fingerprint density at radius 1 is 1.08 bits per heavy atom. The zero-order chi connectivity index (χ0) is 16.2. The molecule has 2 aromatic carbocycles. The van der Waals surface area contributed by atoms with Crippen LogP contribution in [0.25, 0.3) is 0 Å². The van der Waals surface area contributed by atoms with Crippen LogP contribution >= 0.6 is 12.4 Å². The predicted octanol–water partition coefficient (Wildman–Crippen LogP) is 4.07. The number of nitrogens with zero attached hydrogens (tertiary/aromatic N) is 1. The Bertz CT molecular complexity index is 673. The summed E-state index contributed by atoms with van der Waals surface area (Å²) >= 11 is 0. The van der Waals surface area contributed by atoms with Crippen molar-refractivity contribution in [3.05, 3.63) is 71.0 Å². The van der Waals surface area contributed by atoms with E-state index in [1.54, 1.807) is 12.1 Å². The minimum atomic E-state index is -0.250. The summed E-state index contributed by atoms with van der Waals surface area (Å²) in [4.78, 5) is 14.8. The molecule has 1 aliphatic heterocycles. The molecule has 0 saturated carbocycles. The van der Waals surface area contributed by atoms with Gasteiger partial charge in [0.15, 0.2) is 0 Å². The third-order valence-corrected chi connectivity index (χ3v) is 4.46. The SMILES string of the molecule is Cl.NCc1ccc(C(=O)N2CCCCC2c2ccc(F)cc2)cc1. The number of benzene rings is 2. The van der Waals surface area contributed by atoms with Gasteiger partial charge in [0.25, 0.3) is 5.91 Å². The number of hydrogen-bond donors (Lipinski definition) is 1. The van der Waals surface area contributed by atoms with Gasteiger partial charge in [-0.25, -0.2) is 4.39 Å². The van der Waals surface area contributed by atoms with Gasteiger partial charge >= 0.3 is 0 Å². The van der Waals surface area contributed by atoms with Crippen LogP contribution in [-0.4, -0.2) is 17.4 Å². The first-order valence-corrected chi connectivity index (χ1v) is 8.04. The van der Waals surface area contributed by atoms with E-state index < -0.39 is 0 Å². The number of likely N-dealkylation sites (tertiary alicyclic amines) is 1. The summed E-state index contributed by atoms with van der Waals surface area (Å²) in [5.74, 6) is -0.220. The van der Waals surface area contributed by atoms with Gasteiger partial charge in [-0.05, 0) is 54.7 Å². The molecule has 3 rings (SSSR count). The van der Waals surface area contributed by atoms with E-state index in [0.29, 0.717) is 12.1 Å². The second-order valence-electron chi connectivity index (χ2n) is 5.96. The lowest BCUT2D eigenvalue weighted by atomic mass is 9.94. The third-order valence-electron chi connectivity index (χ3n) is 4.46. The predicted molar refractivity (Wildman–Crippen MR) is 95.6 cm³/mol. The van der Waals surface area contributed by atoms with E-state index in [4.69, 9.17) is 5.73 Å². The third kappa shape index (κ3) is 3.94. The monoisotopic (exact) mass is 348 g/mol. The Balaban J connectivity index is 0.00000208. The highest BCUT2D eigenvalue weighted by molar-refractivity contribution is 5.94. The number of carbonyl (C=O) groups excluding carboxylic acids is 1. The molecular weight excluding hydrogens is 327 g/mol. The first-order valence-electron chi connectivity index (χ1n) is 8.04. The number of piperidine rings is 1. The van der Waals surface area contributed by atoms with E-state index in [2.05, 4.69) is 0 Å². The van der Waals surface area contributed by atoms with Crippen LogP contribution in [0.3, 0.4) is 0 Å². The van der Waals surface area contributed by atoms with E-state index in [1.807, 2.05) is 29.2 Å². The quantitative estimate of drug-likeness (QED) is 0.908. The molecule has 0 radical (unpaired) electrons. The van der Waals surface area contributed by atoms with Gasteiger partial charge in [-0.3, -0.25) is 4.79 Å². The molecule has 1 saturated heterocycles. The van der Waals surface area contributed by atoms with Crippen molar-refractivity contribution in [1.82, 2.24) is 4.90 Å². The van der Waals surface area contributed by atoms with Gasteiger partial charge in [0.05, 0.1) is 6.04 Å². The lowest BCUT2D eigenvalue weighted by Gasteiger charge is -2.36. The van der Waals surface area contributed by atoms with Gasteiger partial charge in [-0.2, -0.15) is 0 Å². The minimum Gasteiger partial charge on any atom is -0.332 e. The molecular formula is C19H22ClFN2O. The van der Waals surface area contributed by atoms with Crippen molar-refractivity contribution >= 4 is 18.3 Å². The van der Waals surface area contributed by atoms with Crippen molar-refractivity contribution < 1.29 is 9.18 Å². The molecule has 0 bridgehead atoms. The smallest absolute Gasteiger partial charge is 0.254 e. The number of hydrogen-bond acceptors (Lipinski definition) is 2. The van der Waals surface area contributed by atoms with Crippen molar-refractivity contribution in [2.24, 2.45) is 5.73 Å². The standard InChI is InChI=1S/C19H21FN2O.ClH/c20-17-10-8-15(9-11-17)18-3-1-2-12-22(18)19(23)16-6-4-14(13-21)5-7-16;/h4-11,18H,1-3,12-13,21H2;1H. The van der Waals surface area contributed by atoms with Crippen molar-refractivity contribution in [2.45, 2.75) is 31.8 Å². The van der Waals surface area contributed by atoms with Gasteiger partial charge in [-0.15, -0.1) is 12.4 Å². The van der Waals surface area contributed by atoms with E-state index in [9.17, 15) is 9.18 Å². The summed E-state index contributed by atoms with van der Waals surface area (Å²) in [6.07, 6.45) is 3.00. The average Bonchev–Trinajstić information content (AvgIpc) is 2.62. The number of amides is 1. The molecule has 1 amide bonds. The van der Waals surface area contributed by atoms with Crippen LogP contribution in [0.15, 0.2) is 48.5 Å².